The summed E-state index contributed by atoms with van der Waals surface area (Å²) in [6, 6.07) is 0. The third-order valence-corrected chi connectivity index (χ3v) is 1.20. The van der Waals surface area contributed by atoms with Crippen molar-refractivity contribution in [2.45, 2.75) is 0 Å². The maximum absolute atomic E-state index is 10.3. The molecule has 0 N–H and O–H groups in total. The maximum atomic E-state index is 10.3. The Hall–Kier alpha value is 1.23. The Morgan fingerprint density at radius 2 is 2.22 bits per heavy atom. The summed E-state index contributed by atoms with van der Waals surface area (Å²) in [6.07, 6.45) is 3.11. The average molecular weight is 172 g/mol. The van der Waals surface area contributed by atoms with Gasteiger partial charge in [-0.2, -0.15) is 0 Å². The van der Waals surface area contributed by atoms with E-state index in [1.807, 2.05) is 0 Å². The molecule has 0 radical (unpaired) electrons. The van der Waals surface area contributed by atoms with E-state index in [1.54, 1.807) is 6.08 Å². The van der Waals surface area contributed by atoms with Gasteiger partial charge in [-0.1, -0.05) is 18.7 Å². The van der Waals surface area contributed by atoms with Gasteiger partial charge in [0.1, 0.15) is 0 Å². The Bertz CT molecular complexity index is 122. The minimum atomic E-state index is -1.28. The Balaban J connectivity index is 0. The van der Waals surface area contributed by atoms with Gasteiger partial charge in [0.05, 0.1) is 7.11 Å². The normalized spacial score (nSPS) is 12.6. The topological polar surface area (TPSA) is 26.3 Å². The van der Waals surface area contributed by atoms with Gasteiger partial charge < -0.3 is 0 Å². The standard InChI is InChI=1S/C5H8O2S.K.H/c1-3-4-5-8(6)7-2;;/h3-5H,1H2,2H3;;. The predicted octanol–water partition coefficient (Wildman–Crippen LogP) is 0.348. The molecule has 0 saturated heterocycles. The van der Waals surface area contributed by atoms with Crippen molar-refractivity contribution in [3.8, 4) is 0 Å². The molecular weight excluding hydrogens is 163 g/mol. The van der Waals surface area contributed by atoms with Crippen LogP contribution in [0.4, 0.5) is 0 Å². The molecule has 0 spiro atoms. The monoisotopic (exact) mass is 172 g/mol. The zero-order valence-corrected chi connectivity index (χ0v) is 5.48. The summed E-state index contributed by atoms with van der Waals surface area (Å²) in [5, 5.41) is 1.41. The van der Waals surface area contributed by atoms with Crippen LogP contribution in [-0.4, -0.2) is 62.7 Å². The summed E-state index contributed by atoms with van der Waals surface area (Å²) < 4.78 is 14.7. The third kappa shape index (κ3) is 9.23. The van der Waals surface area contributed by atoms with Gasteiger partial charge in [0.15, 0.2) is 11.1 Å². The van der Waals surface area contributed by atoms with E-state index in [0.29, 0.717) is 0 Å². The molecule has 0 aliphatic carbocycles. The first-order chi connectivity index (χ1) is 3.81. The van der Waals surface area contributed by atoms with E-state index in [-0.39, 0.29) is 51.4 Å². The molecule has 0 aliphatic rings. The Kier molecular flexibility index (Phi) is 13.2. The fourth-order valence-corrected chi connectivity index (χ4v) is 0.526. The van der Waals surface area contributed by atoms with E-state index < -0.39 is 11.1 Å². The predicted molar refractivity (Wildman–Crippen MR) is 41.6 cm³/mol. The summed E-state index contributed by atoms with van der Waals surface area (Å²) in [4.78, 5) is 0. The number of hydrogen-bond acceptors (Lipinski definition) is 2. The van der Waals surface area contributed by atoms with Crippen molar-refractivity contribution in [2.75, 3.05) is 7.11 Å². The number of hydrogen-bond donors (Lipinski definition) is 0. The zero-order chi connectivity index (χ0) is 6.41. The summed E-state index contributed by atoms with van der Waals surface area (Å²) in [6.45, 7) is 3.39. The Morgan fingerprint density at radius 1 is 1.67 bits per heavy atom. The second-order valence-electron chi connectivity index (χ2n) is 0.991. The molecular formula is C5H9KO2S. The van der Waals surface area contributed by atoms with Crippen LogP contribution in [0.5, 0.6) is 0 Å². The molecule has 48 valence electrons. The van der Waals surface area contributed by atoms with Crippen molar-refractivity contribution < 1.29 is 8.39 Å². The molecule has 2 nitrogen and oxygen atoms in total. The first kappa shape index (κ1) is 12.9. The summed E-state index contributed by atoms with van der Waals surface area (Å²) >= 11 is -1.28. The quantitative estimate of drug-likeness (QED) is 0.453. The first-order valence-corrected chi connectivity index (χ1v) is 3.19. The Morgan fingerprint density at radius 3 is 2.56 bits per heavy atom. The fraction of sp³-hybridized carbons (Fsp3) is 0.200. The van der Waals surface area contributed by atoms with Gasteiger partial charge in [0, 0.05) is 5.41 Å². The molecule has 0 amide bonds. The van der Waals surface area contributed by atoms with Crippen LogP contribution in [0.1, 0.15) is 0 Å². The molecule has 1 unspecified atom stereocenters. The van der Waals surface area contributed by atoms with Crippen LogP contribution in [0.3, 0.4) is 0 Å². The van der Waals surface area contributed by atoms with Crippen LogP contribution < -0.4 is 0 Å². The number of allylic oxidation sites excluding steroid dienone is 2. The molecule has 0 bridgehead atoms. The van der Waals surface area contributed by atoms with Gasteiger partial charge in [-0.25, -0.2) is 4.21 Å². The van der Waals surface area contributed by atoms with Crippen LogP contribution in [0, 0.1) is 0 Å². The van der Waals surface area contributed by atoms with Crippen LogP contribution in [0.25, 0.3) is 0 Å². The SMILES string of the molecule is C=CC=CS(=O)OC.[KH]. The zero-order valence-electron chi connectivity index (χ0n) is 4.66. The molecule has 0 heterocycles. The summed E-state index contributed by atoms with van der Waals surface area (Å²) in [5.41, 5.74) is 0. The van der Waals surface area contributed by atoms with Crippen molar-refractivity contribution in [3.63, 3.8) is 0 Å². The first-order valence-electron chi connectivity index (χ1n) is 2.05. The Labute approximate surface area is 100 Å². The third-order valence-electron chi connectivity index (χ3n) is 0.490. The van der Waals surface area contributed by atoms with Gasteiger partial charge >= 0.3 is 51.4 Å². The van der Waals surface area contributed by atoms with Crippen LogP contribution in [0.15, 0.2) is 24.1 Å². The van der Waals surface area contributed by atoms with E-state index in [4.69, 9.17) is 0 Å². The molecule has 1 atom stereocenters. The van der Waals surface area contributed by atoms with Gasteiger partial charge in [-0.15, -0.1) is 0 Å². The molecule has 0 aromatic rings. The van der Waals surface area contributed by atoms with Crippen LogP contribution >= 0.6 is 0 Å². The fourth-order valence-electron chi connectivity index (χ4n) is 0.175. The molecule has 0 rings (SSSR count). The van der Waals surface area contributed by atoms with E-state index in [1.165, 1.54) is 18.6 Å². The molecule has 0 aromatic heterocycles. The van der Waals surface area contributed by atoms with Gasteiger partial charge in [-0.3, -0.25) is 4.18 Å². The molecule has 0 aliphatic heterocycles. The molecule has 9 heavy (non-hydrogen) atoms. The van der Waals surface area contributed by atoms with Crippen molar-refractivity contribution in [1.29, 1.82) is 0 Å². The van der Waals surface area contributed by atoms with E-state index in [2.05, 4.69) is 10.8 Å². The minimum absolute atomic E-state index is 0. The summed E-state index contributed by atoms with van der Waals surface area (Å²) in [7, 11) is 1.38. The van der Waals surface area contributed by atoms with Crippen molar-refractivity contribution in [2.24, 2.45) is 0 Å². The van der Waals surface area contributed by atoms with E-state index in [9.17, 15) is 4.21 Å². The van der Waals surface area contributed by atoms with Crippen molar-refractivity contribution >= 4 is 62.5 Å². The molecule has 0 saturated carbocycles. The average Bonchev–Trinajstić information content (AvgIpc) is 1.83. The van der Waals surface area contributed by atoms with Crippen LogP contribution in [0.2, 0.25) is 0 Å². The van der Waals surface area contributed by atoms with E-state index in [0.717, 1.165) is 0 Å². The van der Waals surface area contributed by atoms with E-state index >= 15 is 0 Å². The number of rotatable bonds is 3. The second-order valence-corrected chi connectivity index (χ2v) is 2.12. The van der Waals surface area contributed by atoms with Crippen molar-refractivity contribution in [1.82, 2.24) is 0 Å². The second kappa shape index (κ2) is 9.23. The summed E-state index contributed by atoms with van der Waals surface area (Å²) in [5.74, 6) is 0. The molecule has 0 aromatic carbocycles. The van der Waals surface area contributed by atoms with Gasteiger partial charge in [0.2, 0.25) is 0 Å². The molecule has 4 heteroatoms. The van der Waals surface area contributed by atoms with Crippen molar-refractivity contribution in [3.05, 3.63) is 24.1 Å². The van der Waals surface area contributed by atoms with Gasteiger partial charge in [0.25, 0.3) is 0 Å². The van der Waals surface area contributed by atoms with Crippen LogP contribution in [-0.2, 0) is 15.3 Å². The molecule has 0 fully saturated rings. The van der Waals surface area contributed by atoms with Gasteiger partial charge in [-0.05, 0) is 0 Å².